The average Bonchev–Trinajstić information content (AvgIpc) is 2.76. The van der Waals surface area contributed by atoms with Crippen LogP contribution in [0.25, 0.3) is 0 Å². The maximum Gasteiger partial charge on any atom is 0.225 e. The second-order valence-electron chi connectivity index (χ2n) is 3.68. The molecule has 1 atom stereocenters. The van der Waals surface area contributed by atoms with Gasteiger partial charge in [0, 0.05) is 5.92 Å². The fraction of sp³-hybridized carbons (Fsp3) is 0.600. The highest BCUT2D eigenvalue weighted by Gasteiger charge is 2.20. The van der Waals surface area contributed by atoms with E-state index in [9.17, 15) is 13.2 Å². The standard InChI is InChI=1S/C10H16N2O3S/c1-4-7(3)9(13)8-6-11-10(12-8)16(14,15)5-2/h6-7H,4-5H2,1-3H3,(H,11,12). The monoisotopic (exact) mass is 244 g/mol. The van der Waals surface area contributed by atoms with Crippen molar-refractivity contribution in [2.45, 2.75) is 32.3 Å². The number of carbonyl (C=O) groups is 1. The molecule has 0 saturated carbocycles. The first-order chi connectivity index (χ1) is 7.42. The summed E-state index contributed by atoms with van der Waals surface area (Å²) in [4.78, 5) is 18.0. The Bertz CT molecular complexity index is 476. The zero-order valence-corrected chi connectivity index (χ0v) is 10.5. The van der Waals surface area contributed by atoms with Gasteiger partial charge in [0.15, 0.2) is 5.78 Å². The van der Waals surface area contributed by atoms with Gasteiger partial charge in [-0.2, -0.15) is 0 Å². The minimum atomic E-state index is -3.36. The molecule has 0 aliphatic carbocycles. The number of Topliss-reactive ketones (excluding diaryl/α,β-unsaturated/α-hetero) is 1. The predicted molar refractivity (Wildman–Crippen MR) is 60.1 cm³/mol. The summed E-state index contributed by atoms with van der Waals surface area (Å²) in [6.45, 7) is 5.24. The third-order valence-electron chi connectivity index (χ3n) is 2.55. The number of hydrogen-bond donors (Lipinski definition) is 1. The van der Waals surface area contributed by atoms with Crippen molar-refractivity contribution in [2.24, 2.45) is 5.92 Å². The second kappa shape index (κ2) is 4.78. The van der Waals surface area contributed by atoms with E-state index in [1.807, 2.05) is 6.92 Å². The summed E-state index contributed by atoms with van der Waals surface area (Å²) >= 11 is 0. The van der Waals surface area contributed by atoms with Crippen molar-refractivity contribution in [3.8, 4) is 0 Å². The number of sulfone groups is 1. The van der Waals surface area contributed by atoms with Crippen LogP contribution in [0, 0.1) is 5.92 Å². The molecule has 1 aromatic heterocycles. The molecular weight excluding hydrogens is 228 g/mol. The van der Waals surface area contributed by atoms with Gasteiger partial charge in [0.2, 0.25) is 15.0 Å². The average molecular weight is 244 g/mol. The first-order valence-electron chi connectivity index (χ1n) is 5.24. The number of H-pyrrole nitrogens is 1. The molecule has 0 amide bonds. The van der Waals surface area contributed by atoms with Crippen molar-refractivity contribution < 1.29 is 13.2 Å². The van der Waals surface area contributed by atoms with E-state index in [1.165, 1.54) is 13.1 Å². The van der Waals surface area contributed by atoms with Crippen molar-refractivity contribution in [3.05, 3.63) is 11.9 Å². The van der Waals surface area contributed by atoms with Crippen molar-refractivity contribution in [1.29, 1.82) is 0 Å². The minimum Gasteiger partial charge on any atom is -0.326 e. The molecule has 0 radical (unpaired) electrons. The lowest BCUT2D eigenvalue weighted by atomic mass is 10.0. The predicted octanol–water partition coefficient (Wildman–Crippen LogP) is 1.43. The van der Waals surface area contributed by atoms with Gasteiger partial charge in [-0.3, -0.25) is 4.79 Å². The fourth-order valence-corrected chi connectivity index (χ4v) is 1.93. The van der Waals surface area contributed by atoms with Crippen LogP contribution in [0.5, 0.6) is 0 Å². The highest BCUT2D eigenvalue weighted by Crippen LogP contribution is 2.12. The zero-order chi connectivity index (χ0) is 12.3. The summed E-state index contributed by atoms with van der Waals surface area (Å²) in [5.41, 5.74) is 0.265. The number of aromatic nitrogens is 2. The van der Waals surface area contributed by atoms with E-state index in [0.29, 0.717) is 6.42 Å². The van der Waals surface area contributed by atoms with E-state index < -0.39 is 9.84 Å². The lowest BCUT2D eigenvalue weighted by Crippen LogP contribution is -2.11. The molecule has 1 heterocycles. The second-order valence-corrected chi connectivity index (χ2v) is 5.87. The third-order valence-corrected chi connectivity index (χ3v) is 4.11. The number of aromatic amines is 1. The maximum atomic E-state index is 11.7. The largest absolute Gasteiger partial charge is 0.326 e. The lowest BCUT2D eigenvalue weighted by Gasteiger charge is -2.03. The van der Waals surface area contributed by atoms with E-state index in [1.54, 1.807) is 6.92 Å². The fourth-order valence-electron chi connectivity index (χ4n) is 1.17. The molecular formula is C10H16N2O3S. The van der Waals surface area contributed by atoms with E-state index in [0.717, 1.165) is 0 Å². The van der Waals surface area contributed by atoms with Crippen molar-refractivity contribution in [2.75, 3.05) is 5.75 Å². The molecule has 90 valence electrons. The Labute approximate surface area is 95.2 Å². The summed E-state index contributed by atoms with van der Waals surface area (Å²) < 4.78 is 22.9. The summed E-state index contributed by atoms with van der Waals surface area (Å²) in [6.07, 6.45) is 2.00. The van der Waals surface area contributed by atoms with Crippen LogP contribution in [0.15, 0.2) is 11.4 Å². The first-order valence-corrected chi connectivity index (χ1v) is 6.89. The van der Waals surface area contributed by atoms with Gasteiger partial charge in [-0.25, -0.2) is 13.4 Å². The smallest absolute Gasteiger partial charge is 0.225 e. The van der Waals surface area contributed by atoms with Gasteiger partial charge in [0.1, 0.15) is 5.69 Å². The normalized spacial score (nSPS) is 13.7. The van der Waals surface area contributed by atoms with Crippen LogP contribution in [0.4, 0.5) is 0 Å². The molecule has 16 heavy (non-hydrogen) atoms. The summed E-state index contributed by atoms with van der Waals surface area (Å²) in [5.74, 6) is -0.262. The van der Waals surface area contributed by atoms with Crippen LogP contribution in [0.2, 0.25) is 0 Å². The van der Waals surface area contributed by atoms with Gasteiger partial charge in [-0.1, -0.05) is 20.8 Å². The maximum absolute atomic E-state index is 11.7. The minimum absolute atomic E-state index is 0.0303. The Morgan fingerprint density at radius 3 is 2.62 bits per heavy atom. The van der Waals surface area contributed by atoms with Crippen LogP contribution < -0.4 is 0 Å². The quantitative estimate of drug-likeness (QED) is 0.795. The van der Waals surface area contributed by atoms with Crippen LogP contribution in [0.3, 0.4) is 0 Å². The van der Waals surface area contributed by atoms with E-state index in [-0.39, 0.29) is 28.3 Å². The SMILES string of the molecule is CCC(C)C(=O)c1cnc(S(=O)(=O)CC)[nH]1. The molecule has 0 fully saturated rings. The number of rotatable bonds is 5. The Hall–Kier alpha value is -1.17. The van der Waals surface area contributed by atoms with Crippen LogP contribution >= 0.6 is 0 Å². The molecule has 0 saturated heterocycles. The van der Waals surface area contributed by atoms with Crippen molar-refractivity contribution in [1.82, 2.24) is 9.97 Å². The zero-order valence-electron chi connectivity index (χ0n) is 9.65. The summed E-state index contributed by atoms with van der Waals surface area (Å²) in [5, 5.41) is -0.123. The van der Waals surface area contributed by atoms with Crippen molar-refractivity contribution >= 4 is 15.6 Å². The highest BCUT2D eigenvalue weighted by atomic mass is 32.2. The van der Waals surface area contributed by atoms with Crippen molar-refractivity contribution in [3.63, 3.8) is 0 Å². The first kappa shape index (κ1) is 12.9. The number of imidazole rings is 1. The van der Waals surface area contributed by atoms with E-state index in [2.05, 4.69) is 9.97 Å². The van der Waals surface area contributed by atoms with Gasteiger partial charge < -0.3 is 4.98 Å². The van der Waals surface area contributed by atoms with Gasteiger partial charge in [-0.15, -0.1) is 0 Å². The number of hydrogen-bond acceptors (Lipinski definition) is 4. The Kier molecular flexibility index (Phi) is 3.85. The molecule has 1 aromatic rings. The molecule has 6 heteroatoms. The topological polar surface area (TPSA) is 79.9 Å². The van der Waals surface area contributed by atoms with E-state index >= 15 is 0 Å². The summed E-state index contributed by atoms with van der Waals surface area (Å²) in [6, 6.07) is 0. The van der Waals surface area contributed by atoms with Crippen LogP contribution in [-0.2, 0) is 9.84 Å². The molecule has 5 nitrogen and oxygen atoms in total. The Balaban J connectivity index is 3.01. The van der Waals surface area contributed by atoms with Gasteiger partial charge >= 0.3 is 0 Å². The van der Waals surface area contributed by atoms with Gasteiger partial charge in [0.05, 0.1) is 11.9 Å². The van der Waals surface area contributed by atoms with Crippen LogP contribution in [0.1, 0.15) is 37.7 Å². The van der Waals surface area contributed by atoms with E-state index in [4.69, 9.17) is 0 Å². The lowest BCUT2D eigenvalue weighted by molar-refractivity contribution is 0.0922. The Morgan fingerprint density at radius 2 is 2.12 bits per heavy atom. The molecule has 0 aliphatic rings. The Morgan fingerprint density at radius 1 is 1.50 bits per heavy atom. The molecule has 1 N–H and O–H groups in total. The highest BCUT2D eigenvalue weighted by molar-refractivity contribution is 7.91. The summed E-state index contributed by atoms with van der Waals surface area (Å²) in [7, 11) is -3.36. The molecule has 0 aliphatic heterocycles. The molecule has 1 rings (SSSR count). The molecule has 0 spiro atoms. The molecule has 1 unspecified atom stereocenters. The van der Waals surface area contributed by atoms with Gasteiger partial charge in [0.25, 0.3) is 0 Å². The molecule has 0 aromatic carbocycles. The number of nitrogens with zero attached hydrogens (tertiary/aromatic N) is 1. The number of ketones is 1. The number of nitrogens with one attached hydrogen (secondary N) is 1. The third kappa shape index (κ3) is 2.49. The molecule has 0 bridgehead atoms. The number of carbonyl (C=O) groups excluding carboxylic acids is 1. The van der Waals surface area contributed by atoms with Gasteiger partial charge in [-0.05, 0) is 6.42 Å². The van der Waals surface area contributed by atoms with Crippen LogP contribution in [-0.4, -0.2) is 29.9 Å².